The molecular formula is C19H26N2O4. The number of likely N-dealkylation sites (tertiary alicyclic amines) is 1. The Morgan fingerprint density at radius 2 is 2.20 bits per heavy atom. The fourth-order valence-electron chi connectivity index (χ4n) is 3.12. The molecule has 136 valence electrons. The van der Waals surface area contributed by atoms with Gasteiger partial charge in [-0.05, 0) is 57.1 Å². The summed E-state index contributed by atoms with van der Waals surface area (Å²) in [5.74, 6) is 1.58. The molecule has 3 rings (SSSR count). The number of aldehydes is 1. The van der Waals surface area contributed by atoms with Crippen molar-refractivity contribution in [2.24, 2.45) is 5.92 Å². The van der Waals surface area contributed by atoms with Gasteiger partial charge in [0.25, 0.3) is 0 Å². The van der Waals surface area contributed by atoms with Crippen LogP contribution in [0.2, 0.25) is 0 Å². The van der Waals surface area contributed by atoms with E-state index in [0.717, 1.165) is 24.7 Å². The van der Waals surface area contributed by atoms with E-state index in [0.29, 0.717) is 37.2 Å². The third-order valence-electron chi connectivity index (χ3n) is 4.70. The molecule has 1 aliphatic carbocycles. The minimum atomic E-state index is -0.487. The lowest BCUT2D eigenvalue weighted by Crippen LogP contribution is -2.55. The smallest absolute Gasteiger partial charge is 0.410 e. The summed E-state index contributed by atoms with van der Waals surface area (Å²) in [6, 6.07) is 2.04. The highest BCUT2D eigenvalue weighted by Gasteiger charge is 2.38. The van der Waals surface area contributed by atoms with E-state index >= 15 is 0 Å². The summed E-state index contributed by atoms with van der Waals surface area (Å²) < 4.78 is 11.3. The molecule has 2 fully saturated rings. The zero-order chi connectivity index (χ0) is 18.0. The Labute approximate surface area is 148 Å². The van der Waals surface area contributed by atoms with E-state index in [1.165, 1.54) is 0 Å². The molecule has 0 radical (unpaired) electrons. The van der Waals surface area contributed by atoms with Crippen molar-refractivity contribution in [3.8, 4) is 5.75 Å². The van der Waals surface area contributed by atoms with Gasteiger partial charge < -0.3 is 19.2 Å². The molecule has 2 heterocycles. The summed E-state index contributed by atoms with van der Waals surface area (Å²) in [6.07, 6.45) is 6.81. The largest absolute Gasteiger partial charge is 0.490 e. The average molecular weight is 346 g/mol. The number of carbonyl (C=O) groups excluding carboxylic acids is 2. The molecule has 3 unspecified atom stereocenters. The number of hydrogen-bond acceptors (Lipinski definition) is 5. The van der Waals surface area contributed by atoms with Gasteiger partial charge in [-0.2, -0.15) is 0 Å². The fraction of sp³-hybridized carbons (Fsp3) is 0.632. The summed E-state index contributed by atoms with van der Waals surface area (Å²) in [4.78, 5) is 28.7. The summed E-state index contributed by atoms with van der Waals surface area (Å²) in [5, 5.41) is 0. The van der Waals surface area contributed by atoms with Crippen LogP contribution in [0.4, 0.5) is 4.79 Å². The van der Waals surface area contributed by atoms with Gasteiger partial charge in [0.2, 0.25) is 0 Å². The maximum Gasteiger partial charge on any atom is 0.410 e. The Morgan fingerprint density at radius 3 is 2.84 bits per heavy atom. The lowest BCUT2D eigenvalue weighted by atomic mass is 10.1. The van der Waals surface area contributed by atoms with Crippen LogP contribution in [-0.4, -0.2) is 47.1 Å². The van der Waals surface area contributed by atoms with E-state index in [2.05, 4.69) is 4.98 Å². The van der Waals surface area contributed by atoms with E-state index in [9.17, 15) is 9.59 Å². The van der Waals surface area contributed by atoms with Crippen molar-refractivity contribution in [1.82, 2.24) is 9.88 Å². The topological polar surface area (TPSA) is 68.7 Å². The molecule has 1 amide bonds. The highest BCUT2D eigenvalue weighted by molar-refractivity contribution is 5.69. The molecule has 1 aliphatic heterocycles. The highest BCUT2D eigenvalue weighted by atomic mass is 16.6. The SMILES string of the molecule is CC(C)(C)OC(=O)N1CCC1COc1cncc(C2CC2CC=O)c1. The molecule has 1 saturated carbocycles. The Hall–Kier alpha value is -2.11. The second-order valence-corrected chi connectivity index (χ2v) is 7.89. The van der Waals surface area contributed by atoms with Crippen molar-refractivity contribution in [2.75, 3.05) is 13.2 Å². The predicted molar refractivity (Wildman–Crippen MR) is 92.6 cm³/mol. The third-order valence-corrected chi connectivity index (χ3v) is 4.70. The molecular weight excluding hydrogens is 320 g/mol. The van der Waals surface area contributed by atoms with Gasteiger partial charge in [-0.3, -0.25) is 4.98 Å². The Balaban J connectivity index is 1.51. The molecule has 1 saturated heterocycles. The summed E-state index contributed by atoms with van der Waals surface area (Å²) >= 11 is 0. The second kappa shape index (κ2) is 7.02. The van der Waals surface area contributed by atoms with Crippen LogP contribution in [0.25, 0.3) is 0 Å². The zero-order valence-corrected chi connectivity index (χ0v) is 15.1. The van der Waals surface area contributed by atoms with Crippen LogP contribution in [0.3, 0.4) is 0 Å². The molecule has 25 heavy (non-hydrogen) atoms. The maximum absolute atomic E-state index is 12.1. The first kappa shape index (κ1) is 17.7. The van der Waals surface area contributed by atoms with Gasteiger partial charge in [0.1, 0.15) is 24.2 Å². The molecule has 6 nitrogen and oxygen atoms in total. The Bertz CT molecular complexity index is 641. The number of aromatic nitrogens is 1. The van der Waals surface area contributed by atoms with Crippen LogP contribution >= 0.6 is 0 Å². The first-order valence-corrected chi connectivity index (χ1v) is 8.88. The predicted octanol–water partition coefficient (Wildman–Crippen LogP) is 3.16. The molecule has 2 aliphatic rings. The van der Waals surface area contributed by atoms with Crippen molar-refractivity contribution >= 4 is 12.4 Å². The van der Waals surface area contributed by atoms with Gasteiger partial charge in [0, 0.05) is 19.2 Å². The van der Waals surface area contributed by atoms with Crippen molar-refractivity contribution in [3.05, 3.63) is 24.0 Å². The number of amides is 1. The highest BCUT2D eigenvalue weighted by Crippen LogP contribution is 2.49. The number of carbonyl (C=O) groups is 2. The van der Waals surface area contributed by atoms with E-state index in [1.807, 2.05) is 33.0 Å². The lowest BCUT2D eigenvalue weighted by Gasteiger charge is -2.40. The number of hydrogen-bond donors (Lipinski definition) is 0. The van der Waals surface area contributed by atoms with Crippen LogP contribution in [0, 0.1) is 5.92 Å². The normalized spacial score (nSPS) is 25.1. The Kier molecular flexibility index (Phi) is 4.97. The molecule has 0 N–H and O–H groups in total. The molecule has 0 aromatic carbocycles. The second-order valence-electron chi connectivity index (χ2n) is 7.89. The van der Waals surface area contributed by atoms with Crippen molar-refractivity contribution in [2.45, 2.75) is 57.6 Å². The number of nitrogens with zero attached hydrogens (tertiary/aromatic N) is 2. The zero-order valence-electron chi connectivity index (χ0n) is 15.1. The van der Waals surface area contributed by atoms with Crippen LogP contribution in [-0.2, 0) is 9.53 Å². The van der Waals surface area contributed by atoms with E-state index in [-0.39, 0.29) is 12.1 Å². The van der Waals surface area contributed by atoms with Crippen LogP contribution in [0.5, 0.6) is 5.75 Å². The van der Waals surface area contributed by atoms with Crippen LogP contribution in [0.15, 0.2) is 18.5 Å². The van der Waals surface area contributed by atoms with E-state index in [1.54, 1.807) is 11.1 Å². The van der Waals surface area contributed by atoms with E-state index < -0.39 is 5.60 Å². The Morgan fingerprint density at radius 1 is 1.40 bits per heavy atom. The average Bonchev–Trinajstić information content (AvgIpc) is 3.24. The molecule has 1 aromatic heterocycles. The minimum absolute atomic E-state index is 0.0437. The molecule has 1 aromatic rings. The van der Waals surface area contributed by atoms with Gasteiger partial charge >= 0.3 is 6.09 Å². The molecule has 6 heteroatoms. The lowest BCUT2D eigenvalue weighted by molar-refractivity contribution is -0.108. The van der Waals surface area contributed by atoms with Gasteiger partial charge in [-0.1, -0.05) is 0 Å². The fourth-order valence-corrected chi connectivity index (χ4v) is 3.12. The summed E-state index contributed by atoms with van der Waals surface area (Å²) in [5.41, 5.74) is 0.639. The van der Waals surface area contributed by atoms with Crippen LogP contribution in [0.1, 0.15) is 51.5 Å². The summed E-state index contributed by atoms with van der Waals surface area (Å²) in [6.45, 7) is 6.73. The standard InChI is InChI=1S/C19H26N2O4/c1-19(2,3)25-18(23)21-6-4-15(21)12-24-16-8-14(10-20-11-16)17-9-13(17)5-7-22/h7-8,10-11,13,15,17H,4-6,9,12H2,1-3H3. The quantitative estimate of drug-likeness (QED) is 0.740. The third kappa shape index (κ3) is 4.50. The first-order valence-electron chi connectivity index (χ1n) is 8.88. The van der Waals surface area contributed by atoms with Crippen LogP contribution < -0.4 is 4.74 Å². The van der Waals surface area contributed by atoms with Gasteiger partial charge in [-0.25, -0.2) is 4.79 Å². The number of ether oxygens (including phenoxy) is 2. The van der Waals surface area contributed by atoms with E-state index in [4.69, 9.17) is 9.47 Å². The van der Waals surface area contributed by atoms with Gasteiger partial charge in [-0.15, -0.1) is 0 Å². The molecule has 0 bridgehead atoms. The van der Waals surface area contributed by atoms with Gasteiger partial charge in [0.05, 0.1) is 12.2 Å². The van der Waals surface area contributed by atoms with Crippen molar-refractivity contribution in [1.29, 1.82) is 0 Å². The molecule has 0 spiro atoms. The van der Waals surface area contributed by atoms with Crippen molar-refractivity contribution < 1.29 is 19.1 Å². The van der Waals surface area contributed by atoms with Gasteiger partial charge in [0.15, 0.2) is 0 Å². The van der Waals surface area contributed by atoms with Crippen molar-refractivity contribution in [3.63, 3.8) is 0 Å². The maximum atomic E-state index is 12.1. The first-order chi connectivity index (χ1) is 11.9. The number of pyridine rings is 1. The molecule has 3 atom stereocenters. The monoisotopic (exact) mass is 346 g/mol. The summed E-state index contributed by atoms with van der Waals surface area (Å²) in [7, 11) is 0. The minimum Gasteiger partial charge on any atom is -0.490 e. The number of rotatable bonds is 6.